The van der Waals surface area contributed by atoms with Crippen LogP contribution in [0.2, 0.25) is 0 Å². The SMILES string of the molecule is Cc1ccc2c(c1)CCOC2CCN1CCN(c2ccc(S(=O)ON)cc2)CC1. The molecular weight excluding hydrogens is 386 g/mol. The number of rotatable bonds is 6. The van der Waals surface area contributed by atoms with Crippen molar-refractivity contribution in [3.8, 4) is 0 Å². The summed E-state index contributed by atoms with van der Waals surface area (Å²) < 4.78 is 22.0. The molecule has 1 saturated heterocycles. The van der Waals surface area contributed by atoms with Gasteiger partial charge in [-0.2, -0.15) is 10.2 Å². The quantitative estimate of drug-likeness (QED) is 0.732. The van der Waals surface area contributed by atoms with Crippen molar-refractivity contribution in [1.82, 2.24) is 4.90 Å². The zero-order chi connectivity index (χ0) is 20.2. The van der Waals surface area contributed by atoms with Gasteiger partial charge in [0.1, 0.15) is 0 Å². The molecule has 0 bridgehead atoms. The van der Waals surface area contributed by atoms with E-state index >= 15 is 0 Å². The van der Waals surface area contributed by atoms with Gasteiger partial charge in [-0.25, -0.2) is 4.21 Å². The highest BCUT2D eigenvalue weighted by molar-refractivity contribution is 7.80. The maximum Gasteiger partial charge on any atom is 0.206 e. The lowest BCUT2D eigenvalue weighted by Gasteiger charge is -2.37. The van der Waals surface area contributed by atoms with Crippen molar-refractivity contribution in [2.45, 2.75) is 30.8 Å². The van der Waals surface area contributed by atoms with Gasteiger partial charge in [0.25, 0.3) is 0 Å². The third-order valence-corrected chi connectivity index (χ3v) is 6.73. The number of benzene rings is 2. The van der Waals surface area contributed by atoms with Gasteiger partial charge in [-0.1, -0.05) is 23.8 Å². The van der Waals surface area contributed by atoms with Crippen LogP contribution in [0.1, 0.15) is 29.2 Å². The first-order valence-corrected chi connectivity index (χ1v) is 11.3. The van der Waals surface area contributed by atoms with E-state index in [0.717, 1.165) is 57.9 Å². The van der Waals surface area contributed by atoms with Gasteiger partial charge in [0.15, 0.2) is 0 Å². The van der Waals surface area contributed by atoms with Gasteiger partial charge >= 0.3 is 0 Å². The molecule has 0 saturated carbocycles. The van der Waals surface area contributed by atoms with Crippen LogP contribution in [0.5, 0.6) is 0 Å². The highest BCUT2D eigenvalue weighted by atomic mass is 32.2. The number of piperazine rings is 1. The van der Waals surface area contributed by atoms with E-state index in [1.807, 2.05) is 24.3 Å². The smallest absolute Gasteiger partial charge is 0.206 e. The lowest BCUT2D eigenvalue weighted by atomic mass is 9.94. The Balaban J connectivity index is 1.28. The summed E-state index contributed by atoms with van der Waals surface area (Å²) in [5.74, 6) is 4.99. The van der Waals surface area contributed by atoms with E-state index in [4.69, 9.17) is 10.6 Å². The molecule has 2 N–H and O–H groups in total. The lowest BCUT2D eigenvalue weighted by Crippen LogP contribution is -2.46. The number of anilines is 1. The number of aryl methyl sites for hydroxylation is 1. The molecule has 0 radical (unpaired) electrons. The molecule has 156 valence electrons. The van der Waals surface area contributed by atoms with E-state index in [0.29, 0.717) is 4.90 Å². The van der Waals surface area contributed by atoms with Crippen LogP contribution in [0.25, 0.3) is 0 Å². The van der Waals surface area contributed by atoms with E-state index in [1.165, 1.54) is 16.7 Å². The summed E-state index contributed by atoms with van der Waals surface area (Å²) in [5.41, 5.74) is 5.30. The number of nitrogens with zero attached hydrogens (tertiary/aromatic N) is 2. The van der Waals surface area contributed by atoms with Crippen molar-refractivity contribution in [3.05, 3.63) is 59.2 Å². The Morgan fingerprint density at radius 3 is 2.62 bits per heavy atom. The fourth-order valence-electron chi connectivity index (χ4n) is 4.26. The fraction of sp³-hybridized carbons (Fsp3) is 0.455. The van der Waals surface area contributed by atoms with Crippen molar-refractivity contribution in [3.63, 3.8) is 0 Å². The third kappa shape index (κ3) is 4.87. The third-order valence-electron chi connectivity index (χ3n) is 5.90. The molecule has 7 heteroatoms. The van der Waals surface area contributed by atoms with Crippen LogP contribution in [0.4, 0.5) is 5.69 Å². The van der Waals surface area contributed by atoms with Crippen molar-refractivity contribution in [1.29, 1.82) is 0 Å². The second-order valence-corrected chi connectivity index (χ2v) is 8.89. The van der Waals surface area contributed by atoms with Crippen molar-refractivity contribution >= 4 is 16.8 Å². The molecule has 0 amide bonds. The monoisotopic (exact) mass is 415 g/mol. The topological polar surface area (TPSA) is 68.0 Å². The molecule has 2 aromatic rings. The van der Waals surface area contributed by atoms with Crippen LogP contribution < -0.4 is 10.8 Å². The van der Waals surface area contributed by atoms with Gasteiger partial charge in [0.05, 0.1) is 17.6 Å². The predicted octanol–water partition coefficient (Wildman–Crippen LogP) is 2.73. The summed E-state index contributed by atoms with van der Waals surface area (Å²) in [5, 5.41) is 0. The largest absolute Gasteiger partial charge is 0.373 e. The Bertz CT molecular complexity index is 851. The number of hydrogen-bond donors (Lipinski definition) is 1. The van der Waals surface area contributed by atoms with Crippen LogP contribution in [0, 0.1) is 6.92 Å². The summed E-state index contributed by atoms with van der Waals surface area (Å²) in [6.07, 6.45) is 2.28. The summed E-state index contributed by atoms with van der Waals surface area (Å²) in [7, 11) is 0. The lowest BCUT2D eigenvalue weighted by molar-refractivity contribution is 0.0289. The Hall–Kier alpha value is -1.77. The molecule has 2 unspecified atom stereocenters. The molecular formula is C22H29N3O3S. The van der Waals surface area contributed by atoms with E-state index in [9.17, 15) is 4.21 Å². The van der Waals surface area contributed by atoms with Gasteiger partial charge in [0, 0.05) is 38.4 Å². The first-order valence-electron chi connectivity index (χ1n) is 10.2. The Morgan fingerprint density at radius 2 is 1.90 bits per heavy atom. The summed E-state index contributed by atoms with van der Waals surface area (Å²) in [4.78, 5) is 5.47. The zero-order valence-corrected chi connectivity index (χ0v) is 17.7. The normalized spacial score (nSPS) is 21.0. The van der Waals surface area contributed by atoms with Gasteiger partial charge in [-0.05, 0) is 55.2 Å². The Labute approximate surface area is 175 Å². The minimum Gasteiger partial charge on any atom is -0.373 e. The molecule has 6 nitrogen and oxygen atoms in total. The molecule has 0 aliphatic carbocycles. The van der Waals surface area contributed by atoms with Crippen LogP contribution in [0.3, 0.4) is 0 Å². The first-order chi connectivity index (χ1) is 14.1. The number of nitrogens with two attached hydrogens (primary N) is 1. The van der Waals surface area contributed by atoms with E-state index < -0.39 is 11.1 Å². The summed E-state index contributed by atoms with van der Waals surface area (Å²) in [6.45, 7) is 8.07. The van der Waals surface area contributed by atoms with Crippen LogP contribution in [-0.4, -0.2) is 48.4 Å². The second-order valence-electron chi connectivity index (χ2n) is 7.75. The first kappa shape index (κ1) is 20.5. The highest BCUT2D eigenvalue weighted by Gasteiger charge is 2.23. The molecule has 2 heterocycles. The maximum absolute atomic E-state index is 11.6. The Morgan fingerprint density at radius 1 is 1.14 bits per heavy atom. The van der Waals surface area contributed by atoms with Gasteiger partial charge in [0.2, 0.25) is 11.1 Å². The summed E-state index contributed by atoms with van der Waals surface area (Å²) in [6, 6.07) is 14.3. The van der Waals surface area contributed by atoms with Crippen molar-refractivity contribution in [2.24, 2.45) is 5.90 Å². The summed E-state index contributed by atoms with van der Waals surface area (Å²) >= 11 is -1.59. The minimum atomic E-state index is -1.59. The zero-order valence-electron chi connectivity index (χ0n) is 16.9. The van der Waals surface area contributed by atoms with E-state index in [-0.39, 0.29) is 6.10 Å². The fourth-order valence-corrected chi connectivity index (χ4v) is 4.73. The molecule has 4 rings (SSSR count). The van der Waals surface area contributed by atoms with E-state index in [1.54, 1.807) is 0 Å². The standard InChI is InChI=1S/C22H29N3O3S/c1-17-2-7-21-18(16-17)9-15-27-22(21)8-10-24-11-13-25(14-12-24)19-3-5-20(6-4-19)29(26)28-23/h2-7,16,22H,8-15,23H2,1H3. The number of hydrogen-bond acceptors (Lipinski definition) is 6. The minimum absolute atomic E-state index is 0.218. The molecule has 29 heavy (non-hydrogen) atoms. The molecule has 2 aromatic carbocycles. The average Bonchev–Trinajstić information content (AvgIpc) is 2.77. The maximum atomic E-state index is 11.6. The molecule has 2 aliphatic heterocycles. The molecule has 2 aliphatic rings. The highest BCUT2D eigenvalue weighted by Crippen LogP contribution is 2.30. The van der Waals surface area contributed by atoms with Crippen LogP contribution in [0.15, 0.2) is 47.4 Å². The average molecular weight is 416 g/mol. The van der Waals surface area contributed by atoms with Gasteiger partial charge in [-0.15, -0.1) is 0 Å². The molecule has 2 atom stereocenters. The predicted molar refractivity (Wildman–Crippen MR) is 115 cm³/mol. The van der Waals surface area contributed by atoms with Crippen molar-refractivity contribution < 1.29 is 13.2 Å². The number of fused-ring (bicyclic) bond motifs is 1. The van der Waals surface area contributed by atoms with Crippen LogP contribution >= 0.6 is 0 Å². The molecule has 0 aromatic heterocycles. The van der Waals surface area contributed by atoms with E-state index in [2.05, 4.69) is 39.2 Å². The number of ether oxygens (including phenoxy) is 1. The molecule has 0 spiro atoms. The van der Waals surface area contributed by atoms with Gasteiger partial charge < -0.3 is 9.64 Å². The van der Waals surface area contributed by atoms with Gasteiger partial charge in [-0.3, -0.25) is 4.90 Å². The molecule has 1 fully saturated rings. The Kier molecular flexibility index (Phi) is 6.62. The second kappa shape index (κ2) is 9.36. The van der Waals surface area contributed by atoms with Crippen molar-refractivity contribution in [2.75, 3.05) is 44.2 Å². The van der Waals surface area contributed by atoms with Crippen LogP contribution in [-0.2, 0) is 26.5 Å².